The lowest BCUT2D eigenvalue weighted by atomic mass is 9.74. The van der Waals surface area contributed by atoms with Crippen molar-refractivity contribution in [3.8, 4) is 0 Å². The summed E-state index contributed by atoms with van der Waals surface area (Å²) in [6.07, 6.45) is 1.63. The number of hydrogen-bond acceptors (Lipinski definition) is 4. The van der Waals surface area contributed by atoms with Gasteiger partial charge in [-0.2, -0.15) is 11.3 Å². The van der Waals surface area contributed by atoms with Gasteiger partial charge in [-0.25, -0.2) is 9.38 Å². The normalized spacial score (nSPS) is 18.8. The van der Waals surface area contributed by atoms with Crippen molar-refractivity contribution in [1.29, 1.82) is 0 Å². The molecule has 0 radical (unpaired) electrons. The molecule has 3 rings (SSSR count). The van der Waals surface area contributed by atoms with Gasteiger partial charge in [0.05, 0.1) is 6.54 Å². The molecular weight excluding hydrogens is 389 g/mol. The highest BCUT2D eigenvalue weighted by atomic mass is 32.1. The van der Waals surface area contributed by atoms with Crippen molar-refractivity contribution in [2.24, 2.45) is 4.99 Å². The summed E-state index contributed by atoms with van der Waals surface area (Å²) in [7, 11) is 0. The lowest BCUT2D eigenvalue weighted by Crippen LogP contribution is -2.48. The Bertz CT molecular complexity index is 802. The highest BCUT2D eigenvalue weighted by molar-refractivity contribution is 7.08. The Morgan fingerprint density at radius 1 is 1.31 bits per heavy atom. The standard InChI is InChI=1S/C22H30FN3O2S/c1-3-24-20(25-15-21(2,27)18-7-12-29-14-18)26-16-22(8-10-28-11-9-22)17-5-4-6-19(23)13-17/h4-7,12-14,27H,3,8-11,15-16H2,1-2H3,(H2,24,25,26). The van der Waals surface area contributed by atoms with Crippen LogP contribution in [-0.2, 0) is 15.8 Å². The van der Waals surface area contributed by atoms with E-state index in [1.807, 2.05) is 29.8 Å². The number of aliphatic hydroxyl groups is 1. The van der Waals surface area contributed by atoms with Gasteiger partial charge in [0.15, 0.2) is 5.96 Å². The van der Waals surface area contributed by atoms with Crippen molar-refractivity contribution < 1.29 is 14.2 Å². The summed E-state index contributed by atoms with van der Waals surface area (Å²) in [5.74, 6) is 0.422. The van der Waals surface area contributed by atoms with E-state index >= 15 is 0 Å². The third-order valence-electron chi connectivity index (χ3n) is 5.51. The van der Waals surface area contributed by atoms with E-state index < -0.39 is 5.60 Å². The van der Waals surface area contributed by atoms with Crippen molar-refractivity contribution in [3.05, 3.63) is 58.0 Å². The van der Waals surface area contributed by atoms with E-state index in [-0.39, 0.29) is 17.8 Å². The van der Waals surface area contributed by atoms with E-state index in [4.69, 9.17) is 4.74 Å². The SMILES string of the molecule is CCNC(=NCC(C)(O)c1ccsc1)NCC1(c2cccc(F)c2)CCOCC1. The van der Waals surface area contributed by atoms with Crippen LogP contribution in [0.5, 0.6) is 0 Å². The minimum absolute atomic E-state index is 0.216. The largest absolute Gasteiger partial charge is 0.383 e. The Morgan fingerprint density at radius 2 is 2.10 bits per heavy atom. The van der Waals surface area contributed by atoms with Crippen LogP contribution in [0, 0.1) is 5.82 Å². The quantitative estimate of drug-likeness (QED) is 0.475. The summed E-state index contributed by atoms with van der Waals surface area (Å²) in [6.45, 7) is 6.65. The summed E-state index contributed by atoms with van der Waals surface area (Å²) in [4.78, 5) is 4.61. The molecule has 5 nitrogen and oxygen atoms in total. The Hall–Kier alpha value is -1.96. The zero-order chi connectivity index (χ0) is 20.7. The van der Waals surface area contributed by atoms with Crippen LogP contribution in [-0.4, -0.2) is 43.9 Å². The lowest BCUT2D eigenvalue weighted by Gasteiger charge is -2.38. The molecule has 0 saturated carbocycles. The molecule has 158 valence electrons. The van der Waals surface area contributed by atoms with Gasteiger partial charge in [0.1, 0.15) is 11.4 Å². The first-order valence-corrected chi connectivity index (χ1v) is 11.0. The topological polar surface area (TPSA) is 65.9 Å². The third-order valence-corrected chi connectivity index (χ3v) is 6.20. The predicted molar refractivity (Wildman–Crippen MR) is 116 cm³/mol. The van der Waals surface area contributed by atoms with Crippen molar-refractivity contribution >= 4 is 17.3 Å². The fourth-order valence-electron chi connectivity index (χ4n) is 3.64. The fourth-order valence-corrected chi connectivity index (χ4v) is 4.42. The number of aliphatic imine (C=N–C) groups is 1. The van der Waals surface area contributed by atoms with Crippen LogP contribution in [0.1, 0.15) is 37.8 Å². The molecule has 2 heterocycles. The van der Waals surface area contributed by atoms with Gasteiger partial charge in [0.25, 0.3) is 0 Å². The van der Waals surface area contributed by atoms with Gasteiger partial charge in [-0.3, -0.25) is 0 Å². The molecule has 29 heavy (non-hydrogen) atoms. The summed E-state index contributed by atoms with van der Waals surface area (Å²) in [6, 6.07) is 8.77. The Morgan fingerprint density at radius 3 is 2.76 bits per heavy atom. The summed E-state index contributed by atoms with van der Waals surface area (Å²) < 4.78 is 19.4. The first-order chi connectivity index (χ1) is 14.0. The average molecular weight is 420 g/mol. The minimum Gasteiger partial charge on any atom is -0.383 e. The molecular formula is C22H30FN3O2S. The smallest absolute Gasteiger partial charge is 0.191 e. The van der Waals surface area contributed by atoms with Crippen molar-refractivity contribution in [3.63, 3.8) is 0 Å². The first-order valence-electron chi connectivity index (χ1n) is 10.1. The zero-order valence-electron chi connectivity index (χ0n) is 17.1. The van der Waals surface area contributed by atoms with Crippen LogP contribution in [0.2, 0.25) is 0 Å². The van der Waals surface area contributed by atoms with Crippen LogP contribution < -0.4 is 10.6 Å². The van der Waals surface area contributed by atoms with Crippen LogP contribution in [0.4, 0.5) is 4.39 Å². The van der Waals surface area contributed by atoms with Gasteiger partial charge in [-0.15, -0.1) is 0 Å². The molecule has 0 spiro atoms. The molecule has 7 heteroatoms. The molecule has 2 aromatic rings. The average Bonchev–Trinajstić information content (AvgIpc) is 3.27. The number of halogens is 1. The minimum atomic E-state index is -1.03. The number of nitrogens with one attached hydrogen (secondary N) is 2. The van der Waals surface area contributed by atoms with E-state index in [1.165, 1.54) is 6.07 Å². The number of guanidine groups is 1. The molecule has 1 aliphatic rings. The van der Waals surface area contributed by atoms with Gasteiger partial charge in [0.2, 0.25) is 0 Å². The highest BCUT2D eigenvalue weighted by Gasteiger charge is 2.35. The molecule has 1 atom stereocenters. The van der Waals surface area contributed by atoms with Gasteiger partial charge in [0, 0.05) is 31.7 Å². The van der Waals surface area contributed by atoms with Gasteiger partial charge in [-0.1, -0.05) is 12.1 Å². The maximum absolute atomic E-state index is 13.9. The molecule has 1 unspecified atom stereocenters. The zero-order valence-corrected chi connectivity index (χ0v) is 17.9. The molecule has 0 bridgehead atoms. The summed E-state index contributed by atoms with van der Waals surface area (Å²) in [5.41, 5.74) is 0.602. The van der Waals surface area contributed by atoms with E-state index in [0.717, 1.165) is 24.0 Å². The number of nitrogens with zero attached hydrogens (tertiary/aromatic N) is 1. The number of benzene rings is 1. The summed E-state index contributed by atoms with van der Waals surface area (Å²) >= 11 is 1.56. The van der Waals surface area contributed by atoms with Crippen molar-refractivity contribution in [2.45, 2.75) is 37.7 Å². The second kappa shape index (κ2) is 9.69. The highest BCUT2D eigenvalue weighted by Crippen LogP contribution is 2.34. The van der Waals surface area contributed by atoms with Crippen LogP contribution in [0.15, 0.2) is 46.1 Å². The number of thiophene rings is 1. The molecule has 1 fully saturated rings. The third kappa shape index (κ3) is 5.56. The van der Waals surface area contributed by atoms with Gasteiger partial charge >= 0.3 is 0 Å². The maximum atomic E-state index is 13.9. The first kappa shape index (κ1) is 21.7. The van der Waals surface area contributed by atoms with E-state index in [0.29, 0.717) is 32.3 Å². The molecule has 0 amide bonds. The fraction of sp³-hybridized carbons (Fsp3) is 0.500. The second-order valence-corrected chi connectivity index (χ2v) is 8.52. The number of ether oxygens (including phenoxy) is 1. The monoisotopic (exact) mass is 419 g/mol. The van der Waals surface area contributed by atoms with E-state index in [9.17, 15) is 9.50 Å². The van der Waals surface area contributed by atoms with Crippen molar-refractivity contribution in [1.82, 2.24) is 10.6 Å². The molecule has 0 aliphatic carbocycles. The van der Waals surface area contributed by atoms with E-state index in [2.05, 4.69) is 15.6 Å². The summed E-state index contributed by atoms with van der Waals surface area (Å²) in [5, 5.41) is 21.3. The van der Waals surface area contributed by atoms with Crippen LogP contribution in [0.25, 0.3) is 0 Å². The van der Waals surface area contributed by atoms with E-state index in [1.54, 1.807) is 30.4 Å². The Labute approximate surface area is 176 Å². The Balaban J connectivity index is 1.75. The number of hydrogen-bond donors (Lipinski definition) is 3. The van der Waals surface area contributed by atoms with Crippen LogP contribution >= 0.6 is 11.3 Å². The molecule has 1 saturated heterocycles. The van der Waals surface area contributed by atoms with Gasteiger partial charge < -0.3 is 20.5 Å². The number of rotatable bonds is 7. The van der Waals surface area contributed by atoms with Gasteiger partial charge in [-0.05, 0) is 66.8 Å². The molecule has 1 aromatic heterocycles. The molecule has 1 aromatic carbocycles. The molecule has 1 aliphatic heterocycles. The Kier molecular flexibility index (Phi) is 7.27. The predicted octanol–water partition coefficient (Wildman–Crippen LogP) is 3.40. The van der Waals surface area contributed by atoms with Crippen LogP contribution in [0.3, 0.4) is 0 Å². The van der Waals surface area contributed by atoms with Crippen molar-refractivity contribution in [2.75, 3.05) is 32.8 Å². The maximum Gasteiger partial charge on any atom is 0.191 e. The second-order valence-electron chi connectivity index (χ2n) is 7.74. The lowest BCUT2D eigenvalue weighted by molar-refractivity contribution is 0.0512. The molecule has 3 N–H and O–H groups in total.